The zero-order valence-electron chi connectivity index (χ0n) is 24.3. The first kappa shape index (κ1) is 24.9. The predicted octanol–water partition coefficient (Wildman–Crippen LogP) is 6.32. The highest BCUT2D eigenvalue weighted by molar-refractivity contribution is 5.81. The van der Waals surface area contributed by atoms with Crippen LogP contribution in [0.3, 0.4) is 0 Å². The standard InChI is InChI=1S/C32H48O5/c1-17-9-14-31-15-16-32(37-26(31)34)29(7)13-10-20-27(4,5)21(35-19(3)33)11-12-28(20,6)24(29)22-25(36-22)30(32,8)23(31)18(17)2/h17-18,20-25H,9-16H2,1-8H3/t17-,18+,20+,21+,22+,23+,24-,25+,28+,29-,30-,31+,32+/m1/s1. The summed E-state index contributed by atoms with van der Waals surface area (Å²) in [5.74, 6) is 2.21. The zero-order valence-corrected chi connectivity index (χ0v) is 24.3. The van der Waals surface area contributed by atoms with Crippen LogP contribution in [0.5, 0.6) is 0 Å². The smallest absolute Gasteiger partial charge is 0.312 e. The second-order valence-corrected chi connectivity index (χ2v) is 16.0. The molecular weight excluding hydrogens is 464 g/mol. The SMILES string of the molecule is CC(=O)O[C@H]1CC[C@]2(C)[C@H]3[C@@H]4O[C@@H]4[C@@]4(C)[C@@H]5[C@@H](C)[C@H](C)CC[C@]56CC[C@]4(OC6=O)[C@]3(C)CC[C@H]2C1(C)C. The van der Waals surface area contributed by atoms with Gasteiger partial charge in [-0.15, -0.1) is 0 Å². The van der Waals surface area contributed by atoms with Crippen LogP contribution in [0, 0.1) is 56.7 Å². The molecule has 0 aromatic heterocycles. The summed E-state index contributed by atoms with van der Waals surface area (Å²) >= 11 is 0. The molecule has 37 heavy (non-hydrogen) atoms. The highest BCUT2D eigenvalue weighted by Gasteiger charge is 2.88. The van der Waals surface area contributed by atoms with Crippen LogP contribution >= 0.6 is 0 Å². The quantitative estimate of drug-likeness (QED) is 0.304. The van der Waals surface area contributed by atoms with Crippen LogP contribution in [0.1, 0.15) is 107 Å². The van der Waals surface area contributed by atoms with Crippen molar-refractivity contribution < 1.29 is 23.8 Å². The molecule has 8 rings (SSSR count). The molecule has 13 atom stereocenters. The Morgan fingerprint density at radius 3 is 2.32 bits per heavy atom. The van der Waals surface area contributed by atoms with Gasteiger partial charge < -0.3 is 14.2 Å². The minimum atomic E-state index is -0.456. The fraction of sp³-hybridized carbons (Fsp3) is 0.938. The Hall–Kier alpha value is -1.10. The van der Waals surface area contributed by atoms with E-state index in [0.29, 0.717) is 29.6 Å². The highest BCUT2D eigenvalue weighted by atomic mass is 16.6. The summed E-state index contributed by atoms with van der Waals surface area (Å²) < 4.78 is 19.8. The van der Waals surface area contributed by atoms with Gasteiger partial charge in [-0.1, -0.05) is 48.5 Å². The summed E-state index contributed by atoms with van der Waals surface area (Å²) in [6, 6.07) is 0. The van der Waals surface area contributed by atoms with Crippen molar-refractivity contribution in [3.05, 3.63) is 0 Å². The molecule has 3 heterocycles. The van der Waals surface area contributed by atoms with E-state index in [1.165, 1.54) is 0 Å². The summed E-state index contributed by atoms with van der Waals surface area (Å²) in [5, 5.41) is 0. The molecule has 3 aliphatic heterocycles. The maximum absolute atomic E-state index is 14.1. The monoisotopic (exact) mass is 512 g/mol. The summed E-state index contributed by atoms with van der Waals surface area (Å²) in [5.41, 5.74) is -1.04. The fourth-order valence-electron chi connectivity index (χ4n) is 13.2. The van der Waals surface area contributed by atoms with Gasteiger partial charge in [0.25, 0.3) is 0 Å². The Kier molecular flexibility index (Phi) is 4.69. The van der Waals surface area contributed by atoms with Gasteiger partial charge >= 0.3 is 11.9 Å². The molecular formula is C32H48O5. The van der Waals surface area contributed by atoms with E-state index in [2.05, 4.69) is 48.5 Å². The summed E-state index contributed by atoms with van der Waals surface area (Å²) in [6.45, 7) is 18.5. The van der Waals surface area contributed by atoms with Crippen LogP contribution in [0.15, 0.2) is 0 Å². The predicted molar refractivity (Wildman–Crippen MR) is 139 cm³/mol. The minimum absolute atomic E-state index is 0.0391. The lowest BCUT2D eigenvalue weighted by Gasteiger charge is -2.77. The van der Waals surface area contributed by atoms with Crippen LogP contribution in [0.25, 0.3) is 0 Å². The van der Waals surface area contributed by atoms with E-state index in [1.54, 1.807) is 6.92 Å². The van der Waals surface area contributed by atoms with Gasteiger partial charge in [-0.2, -0.15) is 0 Å². The number of ether oxygens (including phenoxy) is 3. The van der Waals surface area contributed by atoms with Crippen molar-refractivity contribution in [3.8, 4) is 0 Å². The topological polar surface area (TPSA) is 65.1 Å². The lowest BCUT2D eigenvalue weighted by molar-refractivity contribution is -0.349. The van der Waals surface area contributed by atoms with Crippen LogP contribution in [-0.4, -0.2) is 35.9 Å². The van der Waals surface area contributed by atoms with Gasteiger partial charge in [-0.3, -0.25) is 9.59 Å². The van der Waals surface area contributed by atoms with Gasteiger partial charge in [0, 0.05) is 29.1 Å². The van der Waals surface area contributed by atoms with E-state index < -0.39 is 5.60 Å². The lowest BCUT2D eigenvalue weighted by atomic mass is 9.29. The number of carbonyl (C=O) groups is 2. The average Bonchev–Trinajstić information content (AvgIpc) is 3.60. The van der Waals surface area contributed by atoms with Gasteiger partial charge in [0.05, 0.1) is 17.6 Å². The third-order valence-electron chi connectivity index (χ3n) is 14.7. The molecule has 0 N–H and O–H groups in total. The van der Waals surface area contributed by atoms with Gasteiger partial charge in [0.15, 0.2) is 0 Å². The molecule has 0 aromatic carbocycles. The Bertz CT molecular complexity index is 1070. The van der Waals surface area contributed by atoms with Gasteiger partial charge in [-0.05, 0) is 80.5 Å². The molecule has 0 unspecified atom stereocenters. The third-order valence-corrected chi connectivity index (χ3v) is 14.7. The van der Waals surface area contributed by atoms with Gasteiger partial charge in [0.2, 0.25) is 0 Å². The summed E-state index contributed by atoms with van der Waals surface area (Å²) in [7, 11) is 0. The van der Waals surface area contributed by atoms with E-state index in [-0.39, 0.29) is 57.3 Å². The first-order valence-electron chi connectivity index (χ1n) is 15.3. The Labute approximate surface area is 223 Å². The molecule has 0 aromatic rings. The molecule has 5 nitrogen and oxygen atoms in total. The number of esters is 2. The Morgan fingerprint density at radius 2 is 1.65 bits per heavy atom. The molecule has 2 spiro atoms. The first-order valence-corrected chi connectivity index (χ1v) is 15.3. The van der Waals surface area contributed by atoms with Gasteiger partial charge in [-0.25, -0.2) is 0 Å². The first-order chi connectivity index (χ1) is 17.2. The van der Waals surface area contributed by atoms with E-state index in [0.717, 1.165) is 51.4 Å². The zero-order chi connectivity index (χ0) is 26.6. The van der Waals surface area contributed by atoms with Crippen LogP contribution in [-0.2, 0) is 23.8 Å². The molecule has 5 saturated carbocycles. The lowest BCUT2D eigenvalue weighted by Crippen LogP contribution is -2.82. The van der Waals surface area contributed by atoms with Crippen LogP contribution in [0.2, 0.25) is 0 Å². The summed E-state index contributed by atoms with van der Waals surface area (Å²) in [4.78, 5) is 26.1. The normalized spacial score (nSPS) is 60.6. The van der Waals surface area contributed by atoms with E-state index >= 15 is 0 Å². The number of fused-ring (bicyclic) bond motifs is 7. The Balaban J connectivity index is 1.35. The van der Waals surface area contributed by atoms with Crippen LogP contribution in [0.4, 0.5) is 0 Å². The third kappa shape index (κ3) is 2.50. The maximum atomic E-state index is 14.1. The molecule has 8 aliphatic rings. The second-order valence-electron chi connectivity index (χ2n) is 16.0. The average molecular weight is 513 g/mol. The van der Waals surface area contributed by atoms with Gasteiger partial charge in [0.1, 0.15) is 11.7 Å². The van der Waals surface area contributed by atoms with Crippen molar-refractivity contribution in [1.29, 1.82) is 0 Å². The number of rotatable bonds is 1. The molecule has 2 bridgehead atoms. The van der Waals surface area contributed by atoms with Crippen LogP contribution < -0.4 is 0 Å². The molecule has 206 valence electrons. The summed E-state index contributed by atoms with van der Waals surface area (Å²) in [6.07, 6.45) is 8.55. The van der Waals surface area contributed by atoms with Crippen molar-refractivity contribution in [2.75, 3.05) is 0 Å². The molecule has 0 amide bonds. The number of carbonyl (C=O) groups excluding carboxylic acids is 2. The number of hydrogen-bond acceptors (Lipinski definition) is 5. The van der Waals surface area contributed by atoms with Crippen molar-refractivity contribution in [2.24, 2.45) is 56.7 Å². The van der Waals surface area contributed by atoms with E-state index in [4.69, 9.17) is 14.2 Å². The molecule has 5 aliphatic carbocycles. The minimum Gasteiger partial charge on any atom is -0.462 e. The molecule has 0 radical (unpaired) electrons. The number of epoxide rings is 1. The van der Waals surface area contributed by atoms with Crippen molar-refractivity contribution >= 4 is 11.9 Å². The molecule has 5 heteroatoms. The molecule has 8 fully saturated rings. The van der Waals surface area contributed by atoms with E-state index in [1.807, 2.05) is 0 Å². The highest BCUT2D eigenvalue weighted by Crippen LogP contribution is 2.83. The number of hydrogen-bond donors (Lipinski definition) is 0. The van der Waals surface area contributed by atoms with Crippen molar-refractivity contribution in [2.45, 2.75) is 131 Å². The Morgan fingerprint density at radius 1 is 0.919 bits per heavy atom. The largest absolute Gasteiger partial charge is 0.462 e. The van der Waals surface area contributed by atoms with Crippen molar-refractivity contribution in [1.82, 2.24) is 0 Å². The fourth-order valence-corrected chi connectivity index (χ4v) is 13.2. The van der Waals surface area contributed by atoms with E-state index in [9.17, 15) is 9.59 Å². The maximum Gasteiger partial charge on any atom is 0.312 e. The molecule has 3 saturated heterocycles. The second kappa shape index (κ2) is 6.96. The van der Waals surface area contributed by atoms with Crippen molar-refractivity contribution in [3.63, 3.8) is 0 Å².